The van der Waals surface area contributed by atoms with Crippen LogP contribution >= 0.6 is 11.6 Å². The third-order valence-electron chi connectivity index (χ3n) is 6.40. The molecule has 6 nitrogen and oxygen atoms in total. The number of benzene rings is 3. The number of methoxy groups -OCH3 is 1. The van der Waals surface area contributed by atoms with Gasteiger partial charge in [0.2, 0.25) is 0 Å². The number of esters is 1. The Morgan fingerprint density at radius 3 is 2.43 bits per heavy atom. The molecule has 1 N–H and O–H groups in total. The second kappa shape index (κ2) is 10.5. The highest BCUT2D eigenvalue weighted by molar-refractivity contribution is 6.34. The summed E-state index contributed by atoms with van der Waals surface area (Å²) in [5.74, 6) is 0.777. The van der Waals surface area contributed by atoms with E-state index in [9.17, 15) is 9.59 Å². The number of carbonyl (C=O) groups is 2. The lowest BCUT2D eigenvalue weighted by atomic mass is 9.78. The Hall–Kier alpha value is -3.51. The molecule has 0 radical (unpaired) electrons. The summed E-state index contributed by atoms with van der Waals surface area (Å²) in [4.78, 5) is 25.5. The molecule has 0 saturated heterocycles. The summed E-state index contributed by atoms with van der Waals surface area (Å²) in [7, 11) is 1.32. The van der Waals surface area contributed by atoms with E-state index >= 15 is 0 Å². The number of ether oxygens (including phenoxy) is 3. The molecule has 0 saturated carbocycles. The molecule has 7 heteroatoms. The molecular weight excluding hydrogens is 490 g/mol. The lowest BCUT2D eigenvalue weighted by Gasteiger charge is -2.36. The van der Waals surface area contributed by atoms with E-state index in [0.717, 1.165) is 27.8 Å². The molecular formula is C30H32ClNO5. The zero-order valence-corrected chi connectivity index (χ0v) is 22.6. The third-order valence-corrected chi connectivity index (χ3v) is 6.91. The van der Waals surface area contributed by atoms with Crippen molar-refractivity contribution in [2.45, 2.75) is 58.1 Å². The molecule has 1 atom stereocenters. The molecule has 1 amide bonds. The maximum atomic E-state index is 12.9. The van der Waals surface area contributed by atoms with Gasteiger partial charge in [0.05, 0.1) is 12.1 Å². The predicted octanol–water partition coefficient (Wildman–Crippen LogP) is 7.03. The van der Waals surface area contributed by atoms with Crippen LogP contribution in [-0.2, 0) is 27.1 Å². The molecule has 0 fully saturated rings. The quantitative estimate of drug-likeness (QED) is 0.365. The van der Waals surface area contributed by atoms with Crippen LogP contribution in [0.3, 0.4) is 0 Å². The van der Waals surface area contributed by atoms with Crippen molar-refractivity contribution < 1.29 is 23.8 Å². The van der Waals surface area contributed by atoms with Gasteiger partial charge in [-0.3, -0.25) is 0 Å². The van der Waals surface area contributed by atoms with E-state index in [1.807, 2.05) is 67.6 Å². The van der Waals surface area contributed by atoms with Crippen molar-refractivity contribution in [3.8, 4) is 22.6 Å². The largest absolute Gasteiger partial charge is 0.467 e. The lowest BCUT2D eigenvalue weighted by Crippen LogP contribution is -2.59. The molecule has 3 aromatic carbocycles. The van der Waals surface area contributed by atoms with Crippen molar-refractivity contribution in [1.82, 2.24) is 5.32 Å². The van der Waals surface area contributed by atoms with Crippen molar-refractivity contribution in [1.29, 1.82) is 0 Å². The van der Waals surface area contributed by atoms with Crippen molar-refractivity contribution >= 4 is 23.7 Å². The zero-order valence-electron chi connectivity index (χ0n) is 21.8. The summed E-state index contributed by atoms with van der Waals surface area (Å²) < 4.78 is 16.9. The number of para-hydroxylation sites is 1. The fraction of sp³-hybridized carbons (Fsp3) is 0.333. The SMILES string of the molecule is COC(=O)C1(NC(=O)OC(C)(C)C)CCc2ccc(Oc3ccccc3-c3cccc(C)c3Cl)cc2C1. The monoisotopic (exact) mass is 521 g/mol. The molecule has 0 spiro atoms. The first-order chi connectivity index (χ1) is 17.5. The van der Waals surface area contributed by atoms with E-state index in [1.165, 1.54) is 7.11 Å². The third kappa shape index (κ3) is 5.91. The Labute approximate surface area is 222 Å². The van der Waals surface area contributed by atoms with Gasteiger partial charge in [0.25, 0.3) is 0 Å². The molecule has 37 heavy (non-hydrogen) atoms. The first-order valence-corrected chi connectivity index (χ1v) is 12.6. The van der Waals surface area contributed by atoms with Gasteiger partial charge < -0.3 is 19.5 Å². The van der Waals surface area contributed by atoms with Crippen LogP contribution in [0.4, 0.5) is 4.79 Å². The summed E-state index contributed by atoms with van der Waals surface area (Å²) in [5, 5.41) is 3.48. The Balaban J connectivity index is 1.64. The highest BCUT2D eigenvalue weighted by Gasteiger charge is 2.45. The predicted molar refractivity (Wildman–Crippen MR) is 144 cm³/mol. The number of rotatable bonds is 5. The molecule has 0 aliphatic heterocycles. The van der Waals surface area contributed by atoms with E-state index in [-0.39, 0.29) is 6.42 Å². The summed E-state index contributed by atoms with van der Waals surface area (Å²) in [5.41, 5.74) is 2.83. The fourth-order valence-corrected chi connectivity index (χ4v) is 4.85. The van der Waals surface area contributed by atoms with Gasteiger partial charge in [0, 0.05) is 17.5 Å². The van der Waals surface area contributed by atoms with Gasteiger partial charge in [-0.15, -0.1) is 0 Å². The molecule has 0 heterocycles. The number of hydrogen-bond acceptors (Lipinski definition) is 5. The van der Waals surface area contributed by atoms with E-state index < -0.39 is 23.2 Å². The van der Waals surface area contributed by atoms with Gasteiger partial charge >= 0.3 is 12.1 Å². The van der Waals surface area contributed by atoms with E-state index in [1.54, 1.807) is 20.8 Å². The number of alkyl carbamates (subject to hydrolysis) is 1. The smallest absolute Gasteiger partial charge is 0.408 e. The number of nitrogens with one attached hydrogen (secondary N) is 1. The van der Waals surface area contributed by atoms with Gasteiger partial charge in [0.15, 0.2) is 0 Å². The van der Waals surface area contributed by atoms with Crippen LogP contribution in [0, 0.1) is 6.92 Å². The molecule has 1 aliphatic carbocycles. The molecule has 4 rings (SSSR count). The van der Waals surface area contributed by atoms with Gasteiger partial charge in [-0.05, 0) is 75.4 Å². The zero-order chi connectivity index (χ0) is 26.8. The highest BCUT2D eigenvalue weighted by Crippen LogP contribution is 2.39. The van der Waals surface area contributed by atoms with Crippen LogP contribution in [0.25, 0.3) is 11.1 Å². The molecule has 1 unspecified atom stereocenters. The maximum Gasteiger partial charge on any atom is 0.408 e. The van der Waals surface area contributed by atoms with Crippen LogP contribution in [-0.4, -0.2) is 30.3 Å². The lowest BCUT2D eigenvalue weighted by molar-refractivity contribution is -0.149. The number of carbonyl (C=O) groups excluding carboxylic acids is 2. The minimum absolute atomic E-state index is 0.261. The van der Waals surface area contributed by atoms with Crippen LogP contribution in [0.5, 0.6) is 11.5 Å². The minimum Gasteiger partial charge on any atom is -0.467 e. The van der Waals surface area contributed by atoms with E-state index in [0.29, 0.717) is 29.4 Å². The second-order valence-electron chi connectivity index (χ2n) is 10.3. The molecule has 0 bridgehead atoms. The molecule has 1 aliphatic rings. The Morgan fingerprint density at radius 1 is 0.973 bits per heavy atom. The van der Waals surface area contributed by atoms with Crippen molar-refractivity contribution in [3.05, 3.63) is 82.4 Å². The Bertz CT molecular complexity index is 1330. The molecule has 3 aromatic rings. The maximum absolute atomic E-state index is 12.9. The number of halogens is 1. The Kier molecular flexibility index (Phi) is 7.51. The van der Waals surface area contributed by atoms with Gasteiger partial charge in [-0.2, -0.15) is 0 Å². The normalized spacial score (nSPS) is 16.9. The van der Waals surface area contributed by atoms with Gasteiger partial charge in [-0.1, -0.05) is 54.1 Å². The highest BCUT2D eigenvalue weighted by atomic mass is 35.5. The standard InChI is InChI=1S/C30H32ClNO5/c1-19-9-8-11-24(26(19)31)23-10-6-7-12-25(23)36-22-14-13-20-15-16-30(27(33)35-5,18-21(20)17-22)32-28(34)37-29(2,3)4/h6-14,17H,15-16,18H2,1-5H3,(H,32,34). The average Bonchev–Trinajstić information content (AvgIpc) is 2.84. The summed E-state index contributed by atoms with van der Waals surface area (Å²) in [6, 6.07) is 19.5. The van der Waals surface area contributed by atoms with Crippen LogP contribution in [0.2, 0.25) is 5.02 Å². The van der Waals surface area contributed by atoms with Crippen LogP contribution < -0.4 is 10.1 Å². The topological polar surface area (TPSA) is 73.9 Å². The number of aryl methyl sites for hydroxylation is 2. The molecule has 194 valence electrons. The van der Waals surface area contributed by atoms with Crippen molar-refractivity contribution in [2.24, 2.45) is 0 Å². The first-order valence-electron chi connectivity index (χ1n) is 12.2. The number of amides is 1. The van der Waals surface area contributed by atoms with Crippen molar-refractivity contribution in [3.63, 3.8) is 0 Å². The minimum atomic E-state index is -1.23. The van der Waals surface area contributed by atoms with Gasteiger partial charge in [-0.25, -0.2) is 9.59 Å². The second-order valence-corrected chi connectivity index (χ2v) is 10.7. The van der Waals surface area contributed by atoms with Crippen LogP contribution in [0.15, 0.2) is 60.7 Å². The van der Waals surface area contributed by atoms with E-state index in [2.05, 4.69) is 5.32 Å². The number of fused-ring (bicyclic) bond motifs is 1. The Morgan fingerprint density at radius 2 is 1.70 bits per heavy atom. The van der Waals surface area contributed by atoms with Crippen LogP contribution in [0.1, 0.15) is 43.9 Å². The molecule has 0 aromatic heterocycles. The number of hydrogen-bond donors (Lipinski definition) is 1. The van der Waals surface area contributed by atoms with Gasteiger partial charge in [0.1, 0.15) is 22.6 Å². The summed E-state index contributed by atoms with van der Waals surface area (Å²) >= 11 is 6.61. The van der Waals surface area contributed by atoms with E-state index in [4.69, 9.17) is 25.8 Å². The summed E-state index contributed by atoms with van der Waals surface area (Å²) in [6.07, 6.45) is 0.603. The average molecular weight is 522 g/mol. The first kappa shape index (κ1) is 26.6. The van der Waals surface area contributed by atoms with Crippen molar-refractivity contribution in [2.75, 3.05) is 7.11 Å². The summed E-state index contributed by atoms with van der Waals surface area (Å²) in [6.45, 7) is 7.30. The fourth-order valence-electron chi connectivity index (χ4n) is 4.62.